The van der Waals surface area contributed by atoms with Gasteiger partial charge in [-0.1, -0.05) is 43.7 Å². The molecule has 0 atom stereocenters. The second-order valence-corrected chi connectivity index (χ2v) is 4.09. The fourth-order valence-electron chi connectivity index (χ4n) is 1.01. The number of benzene rings is 1. The molecule has 1 aromatic rings. The number of rotatable bonds is 4. The van der Waals surface area contributed by atoms with Gasteiger partial charge in [0, 0.05) is 0 Å². The van der Waals surface area contributed by atoms with Gasteiger partial charge < -0.3 is 9.84 Å². The maximum Gasteiger partial charge on any atom is 0.335 e. The van der Waals surface area contributed by atoms with Gasteiger partial charge in [-0.15, -0.1) is 0 Å². The topological polar surface area (TPSA) is 46.5 Å². The standard InChI is InChI=1S/C12H16O3.C2H6/c1-9-4-6-10(7-5-9)8-15-12(2,3)11(13)14;1-2/h4-7H,8H2,1-3H3,(H,13,14);1-2H3. The average Bonchev–Trinajstić information content (AvgIpc) is 2.31. The Morgan fingerprint density at radius 3 is 2.12 bits per heavy atom. The first-order valence-electron chi connectivity index (χ1n) is 5.85. The number of aliphatic carboxylic acids is 1. The zero-order chi connectivity index (χ0) is 13.5. The largest absolute Gasteiger partial charge is 0.479 e. The summed E-state index contributed by atoms with van der Waals surface area (Å²) in [5.41, 5.74) is 1.02. The molecule has 3 heteroatoms. The van der Waals surface area contributed by atoms with E-state index in [4.69, 9.17) is 9.84 Å². The summed E-state index contributed by atoms with van der Waals surface area (Å²) >= 11 is 0. The number of hydrogen-bond acceptors (Lipinski definition) is 2. The molecule has 0 aliphatic heterocycles. The molecule has 0 fully saturated rings. The highest BCUT2D eigenvalue weighted by atomic mass is 16.5. The quantitative estimate of drug-likeness (QED) is 0.874. The summed E-state index contributed by atoms with van der Waals surface area (Å²) < 4.78 is 5.32. The van der Waals surface area contributed by atoms with Crippen molar-refractivity contribution in [2.75, 3.05) is 0 Å². The number of hydrogen-bond donors (Lipinski definition) is 1. The molecule has 0 saturated heterocycles. The molecule has 0 heterocycles. The van der Waals surface area contributed by atoms with E-state index in [0.717, 1.165) is 5.56 Å². The fraction of sp³-hybridized carbons (Fsp3) is 0.500. The van der Waals surface area contributed by atoms with Crippen LogP contribution in [0.25, 0.3) is 0 Å². The van der Waals surface area contributed by atoms with Gasteiger partial charge in [0.1, 0.15) is 0 Å². The number of aryl methyl sites for hydroxylation is 1. The van der Waals surface area contributed by atoms with Crippen molar-refractivity contribution in [2.24, 2.45) is 0 Å². The monoisotopic (exact) mass is 238 g/mol. The Labute approximate surface area is 103 Å². The van der Waals surface area contributed by atoms with Crippen LogP contribution >= 0.6 is 0 Å². The molecule has 0 unspecified atom stereocenters. The zero-order valence-electron chi connectivity index (χ0n) is 11.3. The molecule has 0 bridgehead atoms. The van der Waals surface area contributed by atoms with E-state index in [-0.39, 0.29) is 0 Å². The first kappa shape index (κ1) is 15.7. The molecule has 96 valence electrons. The molecular weight excluding hydrogens is 216 g/mol. The van der Waals surface area contributed by atoms with Crippen LogP contribution in [-0.2, 0) is 16.1 Å². The van der Waals surface area contributed by atoms with Gasteiger partial charge >= 0.3 is 5.97 Å². The predicted molar refractivity (Wildman–Crippen MR) is 69.0 cm³/mol. The van der Waals surface area contributed by atoms with Gasteiger partial charge in [0.05, 0.1) is 6.61 Å². The Bertz CT molecular complexity index is 339. The lowest BCUT2D eigenvalue weighted by Crippen LogP contribution is -2.34. The lowest BCUT2D eigenvalue weighted by atomic mass is 10.1. The van der Waals surface area contributed by atoms with Crippen LogP contribution in [0.2, 0.25) is 0 Å². The Morgan fingerprint density at radius 1 is 1.24 bits per heavy atom. The van der Waals surface area contributed by atoms with Crippen LogP contribution < -0.4 is 0 Å². The number of ether oxygens (including phenoxy) is 1. The molecule has 0 saturated carbocycles. The van der Waals surface area contributed by atoms with Crippen LogP contribution in [0.5, 0.6) is 0 Å². The third-order valence-electron chi connectivity index (χ3n) is 2.24. The predicted octanol–water partition coefficient (Wildman–Crippen LogP) is 3.40. The molecular formula is C14H22O3. The summed E-state index contributed by atoms with van der Waals surface area (Å²) in [6.45, 7) is 9.42. The van der Waals surface area contributed by atoms with E-state index in [1.54, 1.807) is 13.8 Å². The van der Waals surface area contributed by atoms with Crippen molar-refractivity contribution in [3.63, 3.8) is 0 Å². The van der Waals surface area contributed by atoms with E-state index < -0.39 is 11.6 Å². The Kier molecular flexibility index (Phi) is 6.51. The number of carboxylic acids is 1. The fourth-order valence-corrected chi connectivity index (χ4v) is 1.01. The van der Waals surface area contributed by atoms with Crippen LogP contribution in [0.3, 0.4) is 0 Å². The second-order valence-electron chi connectivity index (χ2n) is 4.09. The summed E-state index contributed by atoms with van der Waals surface area (Å²) in [6, 6.07) is 7.83. The Hall–Kier alpha value is -1.35. The molecule has 0 radical (unpaired) electrons. The van der Waals surface area contributed by atoms with Crippen LogP contribution in [-0.4, -0.2) is 16.7 Å². The minimum atomic E-state index is -1.13. The van der Waals surface area contributed by atoms with Crippen molar-refractivity contribution in [3.8, 4) is 0 Å². The molecule has 1 rings (SSSR count). The number of carbonyl (C=O) groups is 1. The minimum absolute atomic E-state index is 0.319. The van der Waals surface area contributed by atoms with Gasteiger partial charge in [-0.25, -0.2) is 4.79 Å². The first-order valence-corrected chi connectivity index (χ1v) is 5.85. The molecule has 1 N–H and O–H groups in total. The highest BCUT2D eigenvalue weighted by molar-refractivity contribution is 5.76. The van der Waals surface area contributed by atoms with Crippen LogP contribution in [0.4, 0.5) is 0 Å². The van der Waals surface area contributed by atoms with Crippen LogP contribution in [0.15, 0.2) is 24.3 Å². The van der Waals surface area contributed by atoms with Crippen LogP contribution in [0.1, 0.15) is 38.8 Å². The van der Waals surface area contributed by atoms with E-state index >= 15 is 0 Å². The van der Waals surface area contributed by atoms with Crippen molar-refractivity contribution in [1.29, 1.82) is 0 Å². The Morgan fingerprint density at radius 2 is 1.71 bits per heavy atom. The van der Waals surface area contributed by atoms with E-state index in [1.165, 1.54) is 5.56 Å². The number of carboxylic acid groups (broad SMARTS) is 1. The SMILES string of the molecule is CC.Cc1ccc(COC(C)(C)C(=O)O)cc1. The molecule has 3 nitrogen and oxygen atoms in total. The van der Waals surface area contributed by atoms with Crippen LogP contribution in [0, 0.1) is 6.92 Å². The van der Waals surface area contributed by atoms with Crippen molar-refractivity contribution in [3.05, 3.63) is 35.4 Å². The summed E-state index contributed by atoms with van der Waals surface area (Å²) in [4.78, 5) is 10.8. The van der Waals surface area contributed by atoms with Crippen molar-refractivity contribution < 1.29 is 14.6 Å². The third-order valence-corrected chi connectivity index (χ3v) is 2.24. The third kappa shape index (κ3) is 5.50. The van der Waals surface area contributed by atoms with E-state index in [0.29, 0.717) is 6.61 Å². The van der Waals surface area contributed by atoms with Gasteiger partial charge in [0.2, 0.25) is 0 Å². The minimum Gasteiger partial charge on any atom is -0.479 e. The van der Waals surface area contributed by atoms with E-state index in [9.17, 15) is 4.79 Å². The van der Waals surface area contributed by atoms with E-state index in [2.05, 4.69) is 0 Å². The smallest absolute Gasteiger partial charge is 0.335 e. The molecule has 0 aliphatic rings. The van der Waals surface area contributed by atoms with Gasteiger partial charge in [-0.05, 0) is 26.3 Å². The maximum atomic E-state index is 10.8. The summed E-state index contributed by atoms with van der Waals surface area (Å²) in [5.74, 6) is -0.949. The van der Waals surface area contributed by atoms with E-state index in [1.807, 2.05) is 45.0 Å². The van der Waals surface area contributed by atoms with Gasteiger partial charge in [-0.3, -0.25) is 0 Å². The normalized spacial score (nSPS) is 10.4. The van der Waals surface area contributed by atoms with Gasteiger partial charge in [0.15, 0.2) is 5.60 Å². The van der Waals surface area contributed by atoms with Crippen molar-refractivity contribution in [1.82, 2.24) is 0 Å². The average molecular weight is 238 g/mol. The second kappa shape index (κ2) is 7.07. The molecule has 0 aromatic heterocycles. The van der Waals surface area contributed by atoms with Gasteiger partial charge in [-0.2, -0.15) is 0 Å². The first-order chi connectivity index (χ1) is 7.92. The van der Waals surface area contributed by atoms with Crippen molar-refractivity contribution >= 4 is 5.97 Å². The summed E-state index contributed by atoms with van der Waals surface area (Å²) in [6.07, 6.45) is 0. The highest BCUT2D eigenvalue weighted by Gasteiger charge is 2.27. The Balaban J connectivity index is 0.00000121. The molecule has 17 heavy (non-hydrogen) atoms. The van der Waals surface area contributed by atoms with Gasteiger partial charge in [0.25, 0.3) is 0 Å². The van der Waals surface area contributed by atoms with Crippen molar-refractivity contribution in [2.45, 2.75) is 46.8 Å². The molecule has 0 aliphatic carbocycles. The maximum absolute atomic E-state index is 10.8. The zero-order valence-corrected chi connectivity index (χ0v) is 11.3. The lowest BCUT2D eigenvalue weighted by molar-refractivity contribution is -0.162. The molecule has 1 aromatic carbocycles. The lowest BCUT2D eigenvalue weighted by Gasteiger charge is -2.19. The summed E-state index contributed by atoms with van der Waals surface area (Å²) in [7, 11) is 0. The molecule has 0 amide bonds. The summed E-state index contributed by atoms with van der Waals surface area (Å²) in [5, 5.41) is 8.84. The molecule has 0 spiro atoms. The highest BCUT2D eigenvalue weighted by Crippen LogP contribution is 2.13.